The number of halogens is 1. The molecular formula is C23H25FN2O2. The van der Waals surface area contributed by atoms with Crippen molar-refractivity contribution in [2.24, 2.45) is 5.92 Å². The lowest BCUT2D eigenvalue weighted by Gasteiger charge is -2.23. The van der Waals surface area contributed by atoms with E-state index in [1.807, 2.05) is 32.0 Å². The second-order valence-electron chi connectivity index (χ2n) is 7.48. The fourth-order valence-corrected chi connectivity index (χ4v) is 3.56. The molecule has 1 saturated heterocycles. The minimum Gasteiger partial charge on any atom is -0.493 e. The molecule has 1 aliphatic heterocycles. The van der Waals surface area contributed by atoms with Crippen LogP contribution in [-0.4, -0.2) is 24.7 Å². The molecule has 0 amide bonds. The molecule has 2 heterocycles. The highest BCUT2D eigenvalue weighted by molar-refractivity contribution is 5.87. The molecule has 28 heavy (non-hydrogen) atoms. The SMILES string of the molecule is Cc1ccc(Oc2ccnc3cc(OCC4CCNCC4)c(C)cc23)c(F)c1. The number of ether oxygens (including phenoxy) is 2. The maximum absolute atomic E-state index is 14.2. The Morgan fingerprint density at radius 1 is 1.04 bits per heavy atom. The van der Waals surface area contributed by atoms with Gasteiger partial charge >= 0.3 is 0 Å². The van der Waals surface area contributed by atoms with Crippen LogP contribution in [0.1, 0.15) is 24.0 Å². The molecule has 0 unspecified atom stereocenters. The van der Waals surface area contributed by atoms with E-state index in [2.05, 4.69) is 10.3 Å². The first-order valence-corrected chi connectivity index (χ1v) is 9.77. The Labute approximate surface area is 164 Å². The molecule has 4 nitrogen and oxygen atoms in total. The first-order valence-electron chi connectivity index (χ1n) is 9.77. The van der Waals surface area contributed by atoms with Crippen molar-refractivity contribution in [2.45, 2.75) is 26.7 Å². The number of aryl methyl sites for hydroxylation is 2. The highest BCUT2D eigenvalue weighted by atomic mass is 19.1. The fourth-order valence-electron chi connectivity index (χ4n) is 3.56. The van der Waals surface area contributed by atoms with Crippen molar-refractivity contribution in [3.05, 3.63) is 59.5 Å². The number of benzene rings is 2. The lowest BCUT2D eigenvalue weighted by Crippen LogP contribution is -2.30. The van der Waals surface area contributed by atoms with Crippen LogP contribution in [-0.2, 0) is 0 Å². The van der Waals surface area contributed by atoms with Crippen molar-refractivity contribution in [1.29, 1.82) is 0 Å². The molecule has 0 saturated carbocycles. The van der Waals surface area contributed by atoms with Crippen LogP contribution in [0.5, 0.6) is 17.2 Å². The van der Waals surface area contributed by atoms with Gasteiger partial charge in [0.05, 0.1) is 12.1 Å². The predicted molar refractivity (Wildman–Crippen MR) is 109 cm³/mol. The Balaban J connectivity index is 1.58. The summed E-state index contributed by atoms with van der Waals surface area (Å²) >= 11 is 0. The summed E-state index contributed by atoms with van der Waals surface area (Å²) in [6.45, 7) is 6.70. The molecule has 4 rings (SSSR count). The van der Waals surface area contributed by atoms with Crippen molar-refractivity contribution in [2.75, 3.05) is 19.7 Å². The third kappa shape index (κ3) is 4.09. The minimum absolute atomic E-state index is 0.210. The molecule has 0 bridgehead atoms. The van der Waals surface area contributed by atoms with Crippen LogP contribution < -0.4 is 14.8 Å². The number of hydrogen-bond acceptors (Lipinski definition) is 4. The average Bonchev–Trinajstić information content (AvgIpc) is 2.70. The molecular weight excluding hydrogens is 355 g/mol. The Hall–Kier alpha value is -2.66. The summed E-state index contributed by atoms with van der Waals surface area (Å²) in [4.78, 5) is 4.45. The summed E-state index contributed by atoms with van der Waals surface area (Å²) in [6.07, 6.45) is 3.96. The second-order valence-corrected chi connectivity index (χ2v) is 7.48. The maximum atomic E-state index is 14.2. The zero-order valence-electron chi connectivity index (χ0n) is 16.3. The van der Waals surface area contributed by atoms with E-state index in [-0.39, 0.29) is 11.6 Å². The van der Waals surface area contributed by atoms with Gasteiger partial charge in [0.25, 0.3) is 0 Å². The molecule has 5 heteroatoms. The molecule has 146 valence electrons. The largest absolute Gasteiger partial charge is 0.493 e. The van der Waals surface area contributed by atoms with E-state index in [1.165, 1.54) is 6.07 Å². The van der Waals surface area contributed by atoms with Gasteiger partial charge in [-0.2, -0.15) is 0 Å². The van der Waals surface area contributed by atoms with Gasteiger partial charge in [0.15, 0.2) is 11.6 Å². The van der Waals surface area contributed by atoms with Gasteiger partial charge in [0.1, 0.15) is 11.5 Å². The zero-order valence-corrected chi connectivity index (χ0v) is 16.3. The van der Waals surface area contributed by atoms with E-state index in [4.69, 9.17) is 9.47 Å². The maximum Gasteiger partial charge on any atom is 0.165 e. The first-order chi connectivity index (χ1) is 13.6. The van der Waals surface area contributed by atoms with Gasteiger partial charge in [-0.25, -0.2) is 4.39 Å². The summed E-state index contributed by atoms with van der Waals surface area (Å²) in [5.41, 5.74) is 2.65. The first kappa shape index (κ1) is 18.7. The number of nitrogens with one attached hydrogen (secondary N) is 1. The normalized spacial score (nSPS) is 15.0. The molecule has 1 N–H and O–H groups in total. The number of nitrogens with zero attached hydrogens (tertiary/aromatic N) is 1. The van der Waals surface area contributed by atoms with Crippen LogP contribution >= 0.6 is 0 Å². The van der Waals surface area contributed by atoms with Gasteiger partial charge in [-0.3, -0.25) is 4.98 Å². The second kappa shape index (κ2) is 8.15. The van der Waals surface area contributed by atoms with E-state index in [0.29, 0.717) is 11.7 Å². The number of rotatable bonds is 5. The molecule has 2 aromatic carbocycles. The van der Waals surface area contributed by atoms with E-state index in [1.54, 1.807) is 18.3 Å². The lowest BCUT2D eigenvalue weighted by molar-refractivity contribution is 0.214. The molecule has 3 aromatic rings. The van der Waals surface area contributed by atoms with Gasteiger partial charge in [0, 0.05) is 17.6 Å². The molecule has 0 radical (unpaired) electrons. The number of hydrogen-bond donors (Lipinski definition) is 1. The van der Waals surface area contributed by atoms with Crippen LogP contribution in [0.4, 0.5) is 4.39 Å². The van der Waals surface area contributed by atoms with E-state index in [9.17, 15) is 4.39 Å². The van der Waals surface area contributed by atoms with Crippen molar-refractivity contribution in [3.63, 3.8) is 0 Å². The molecule has 1 aromatic heterocycles. The molecule has 1 fully saturated rings. The third-order valence-corrected chi connectivity index (χ3v) is 5.24. The van der Waals surface area contributed by atoms with E-state index in [0.717, 1.165) is 60.3 Å². The van der Waals surface area contributed by atoms with Crippen molar-refractivity contribution < 1.29 is 13.9 Å². The molecule has 1 aliphatic rings. The van der Waals surface area contributed by atoms with Crippen LogP contribution in [0.2, 0.25) is 0 Å². The fraction of sp³-hybridized carbons (Fsp3) is 0.348. The lowest BCUT2D eigenvalue weighted by atomic mass is 9.99. The Bertz CT molecular complexity index is 984. The van der Waals surface area contributed by atoms with Crippen molar-refractivity contribution >= 4 is 10.9 Å². The minimum atomic E-state index is -0.372. The average molecular weight is 380 g/mol. The van der Waals surface area contributed by atoms with Gasteiger partial charge in [-0.1, -0.05) is 6.07 Å². The Kier molecular flexibility index (Phi) is 5.44. The van der Waals surface area contributed by atoms with Gasteiger partial charge < -0.3 is 14.8 Å². The van der Waals surface area contributed by atoms with Gasteiger partial charge in [0.2, 0.25) is 0 Å². The number of piperidine rings is 1. The smallest absolute Gasteiger partial charge is 0.165 e. The summed E-state index contributed by atoms with van der Waals surface area (Å²) in [5.74, 6) is 1.85. The van der Waals surface area contributed by atoms with Gasteiger partial charge in [-0.15, -0.1) is 0 Å². The number of pyridine rings is 1. The molecule has 0 spiro atoms. The van der Waals surface area contributed by atoms with E-state index < -0.39 is 0 Å². The Morgan fingerprint density at radius 3 is 2.64 bits per heavy atom. The van der Waals surface area contributed by atoms with Crippen LogP contribution in [0, 0.1) is 25.6 Å². The van der Waals surface area contributed by atoms with Crippen molar-refractivity contribution in [1.82, 2.24) is 10.3 Å². The number of aromatic nitrogens is 1. The van der Waals surface area contributed by atoms with E-state index >= 15 is 0 Å². The zero-order chi connectivity index (χ0) is 19.5. The highest BCUT2D eigenvalue weighted by Gasteiger charge is 2.15. The van der Waals surface area contributed by atoms with Crippen LogP contribution in [0.15, 0.2) is 42.6 Å². The van der Waals surface area contributed by atoms with Gasteiger partial charge in [-0.05, 0) is 81.1 Å². The third-order valence-electron chi connectivity index (χ3n) is 5.24. The summed E-state index contributed by atoms with van der Waals surface area (Å²) < 4.78 is 26.2. The monoisotopic (exact) mass is 380 g/mol. The van der Waals surface area contributed by atoms with Crippen LogP contribution in [0.3, 0.4) is 0 Å². The highest BCUT2D eigenvalue weighted by Crippen LogP contribution is 2.34. The molecule has 0 aliphatic carbocycles. The quantitative estimate of drug-likeness (QED) is 0.664. The Morgan fingerprint density at radius 2 is 1.86 bits per heavy atom. The summed E-state index contributed by atoms with van der Waals surface area (Å²) in [6, 6.07) is 10.7. The standard InChI is InChI=1S/C23H25FN2O2/c1-15-3-4-22(19(24)11-15)28-21-7-10-26-20-13-23(16(2)12-18(20)21)27-14-17-5-8-25-9-6-17/h3-4,7,10-13,17,25H,5-6,8-9,14H2,1-2H3. The van der Waals surface area contributed by atoms with Crippen LogP contribution in [0.25, 0.3) is 10.9 Å². The van der Waals surface area contributed by atoms with Crippen molar-refractivity contribution in [3.8, 4) is 17.2 Å². The summed E-state index contributed by atoms with van der Waals surface area (Å²) in [5, 5.41) is 4.22. The molecule has 0 atom stereocenters. The number of fused-ring (bicyclic) bond motifs is 1. The topological polar surface area (TPSA) is 43.4 Å². The predicted octanol–water partition coefficient (Wildman–Crippen LogP) is 5.16. The summed E-state index contributed by atoms with van der Waals surface area (Å²) in [7, 11) is 0.